The predicted molar refractivity (Wildman–Crippen MR) is 174 cm³/mol. The Morgan fingerprint density at radius 3 is 2.60 bits per heavy atom. The van der Waals surface area contributed by atoms with Crippen molar-refractivity contribution < 1.29 is 4.79 Å². The van der Waals surface area contributed by atoms with Crippen LogP contribution in [0, 0.1) is 13.8 Å². The number of anilines is 1. The van der Waals surface area contributed by atoms with Crippen LogP contribution < -0.4 is 5.32 Å². The van der Waals surface area contributed by atoms with Gasteiger partial charge in [-0.2, -0.15) is 0 Å². The second-order valence-electron chi connectivity index (χ2n) is 10.7. The third kappa shape index (κ3) is 6.00. The predicted octanol–water partition coefficient (Wildman–Crippen LogP) is 8.44. The smallest absolute Gasteiger partial charge is 0.250 e. The van der Waals surface area contributed by atoms with Crippen LogP contribution in [0.25, 0.3) is 39.6 Å². The Bertz CT molecular complexity index is 1970. The lowest BCUT2D eigenvalue weighted by Gasteiger charge is -2.11. The van der Waals surface area contributed by atoms with E-state index in [-0.39, 0.29) is 5.91 Å². The number of imidazole rings is 1. The summed E-state index contributed by atoms with van der Waals surface area (Å²) in [5, 5.41) is 6.27. The van der Waals surface area contributed by atoms with Crippen LogP contribution in [-0.2, 0) is 4.79 Å². The van der Waals surface area contributed by atoms with Gasteiger partial charge in [-0.1, -0.05) is 54.2 Å². The van der Waals surface area contributed by atoms with E-state index in [4.69, 9.17) is 4.98 Å². The van der Waals surface area contributed by atoms with Crippen molar-refractivity contribution in [3.63, 3.8) is 0 Å². The molecule has 0 radical (unpaired) electrons. The molecule has 1 aliphatic carbocycles. The average molecular weight is 601 g/mol. The molecular weight excluding hydrogens is 573 g/mol. The number of nitrogens with zero attached hydrogens (tertiary/aromatic N) is 4. The summed E-state index contributed by atoms with van der Waals surface area (Å²) in [6.07, 6.45) is 9.18. The van der Waals surface area contributed by atoms with E-state index in [0.717, 1.165) is 60.5 Å². The molecule has 0 spiro atoms. The highest BCUT2D eigenvalue weighted by Crippen LogP contribution is 2.40. The molecule has 7 rings (SSSR count). The minimum atomic E-state index is -0.213. The summed E-state index contributed by atoms with van der Waals surface area (Å²) in [5.41, 5.74) is 10.3. The highest BCUT2D eigenvalue weighted by atomic mass is 32.2. The fourth-order valence-corrected chi connectivity index (χ4v) is 7.01. The Morgan fingerprint density at radius 2 is 1.81 bits per heavy atom. The van der Waals surface area contributed by atoms with Crippen molar-refractivity contribution in [2.45, 2.75) is 42.5 Å². The number of aryl methyl sites for hydroxylation is 2. The van der Waals surface area contributed by atoms with Gasteiger partial charge in [-0.3, -0.25) is 10.1 Å². The molecule has 0 unspecified atom stereocenters. The van der Waals surface area contributed by atoms with Crippen molar-refractivity contribution >= 4 is 51.4 Å². The number of rotatable bonds is 8. The number of carbonyl (C=O) groups excluding carboxylic acids is 1. The lowest BCUT2D eigenvalue weighted by atomic mass is 10.0. The van der Waals surface area contributed by atoms with E-state index in [1.165, 1.54) is 35.3 Å². The molecule has 2 N–H and O–H groups in total. The van der Waals surface area contributed by atoms with E-state index in [1.54, 1.807) is 30.5 Å². The van der Waals surface area contributed by atoms with Crippen molar-refractivity contribution in [2.75, 3.05) is 5.32 Å². The largest absolute Gasteiger partial charge is 0.329 e. The second-order valence-corrected chi connectivity index (χ2v) is 12.6. The maximum atomic E-state index is 12.8. The van der Waals surface area contributed by atoms with Crippen LogP contribution in [0.2, 0.25) is 0 Å². The molecule has 0 saturated heterocycles. The van der Waals surface area contributed by atoms with Crippen LogP contribution in [0.5, 0.6) is 0 Å². The topological polar surface area (TPSA) is 96.5 Å². The fraction of sp³-hybridized carbons (Fsp3) is 0.147. The number of hydrogen-bond donors (Lipinski definition) is 2. The summed E-state index contributed by atoms with van der Waals surface area (Å²) in [6, 6.07) is 21.3. The van der Waals surface area contributed by atoms with Gasteiger partial charge in [0.15, 0.2) is 10.8 Å². The molecule has 1 aliphatic rings. The number of nitrogens with one attached hydrogen (secondary N) is 2. The van der Waals surface area contributed by atoms with Gasteiger partial charge >= 0.3 is 0 Å². The molecule has 0 bridgehead atoms. The van der Waals surface area contributed by atoms with E-state index in [1.807, 2.05) is 23.6 Å². The molecule has 6 aromatic rings. The van der Waals surface area contributed by atoms with Crippen LogP contribution in [0.15, 0.2) is 94.7 Å². The molecule has 9 heteroatoms. The van der Waals surface area contributed by atoms with Crippen LogP contribution in [-0.4, -0.2) is 30.8 Å². The SMILES string of the molecule is Cc1cc(Sc2ncnc3[nH]cnc23)cc(C)c1-c1csc(NC(=O)/C=C/c2cccc(-c3ccc(C4CC4)cc3)c2)n1. The summed E-state index contributed by atoms with van der Waals surface area (Å²) in [5.74, 6) is 0.536. The second kappa shape index (κ2) is 11.6. The van der Waals surface area contributed by atoms with E-state index >= 15 is 0 Å². The summed E-state index contributed by atoms with van der Waals surface area (Å²) in [4.78, 5) is 34.6. The van der Waals surface area contributed by atoms with E-state index in [9.17, 15) is 4.79 Å². The molecule has 3 heterocycles. The van der Waals surface area contributed by atoms with Gasteiger partial charge in [0.05, 0.1) is 12.0 Å². The van der Waals surface area contributed by atoms with Gasteiger partial charge in [-0.15, -0.1) is 11.3 Å². The monoisotopic (exact) mass is 600 g/mol. The van der Waals surface area contributed by atoms with Crippen LogP contribution in [0.3, 0.4) is 0 Å². The first kappa shape index (κ1) is 27.2. The first-order chi connectivity index (χ1) is 21.0. The van der Waals surface area contributed by atoms with Gasteiger partial charge in [-0.25, -0.2) is 19.9 Å². The molecule has 1 fully saturated rings. The van der Waals surface area contributed by atoms with Gasteiger partial charge < -0.3 is 4.98 Å². The van der Waals surface area contributed by atoms with Gasteiger partial charge in [0, 0.05) is 21.9 Å². The third-order valence-corrected chi connectivity index (χ3v) is 9.22. The fourth-order valence-electron chi connectivity index (χ4n) is 5.27. The van der Waals surface area contributed by atoms with Crippen molar-refractivity contribution in [1.29, 1.82) is 0 Å². The highest BCUT2D eigenvalue weighted by molar-refractivity contribution is 7.99. The molecule has 3 aromatic heterocycles. The van der Waals surface area contributed by atoms with Gasteiger partial charge in [0.1, 0.15) is 16.9 Å². The van der Waals surface area contributed by atoms with Crippen molar-refractivity contribution in [3.05, 3.63) is 107 Å². The number of H-pyrrole nitrogens is 1. The van der Waals surface area contributed by atoms with Crippen molar-refractivity contribution in [2.24, 2.45) is 0 Å². The first-order valence-electron chi connectivity index (χ1n) is 14.1. The molecule has 7 nitrogen and oxygen atoms in total. The van der Waals surface area contributed by atoms with Crippen LogP contribution in [0.1, 0.15) is 41.0 Å². The zero-order chi connectivity index (χ0) is 29.3. The molecule has 3 aromatic carbocycles. The standard InChI is InChI=1S/C34H28N6OS2/c1-20-14-27(43-33-31-32(36-18-35-31)37-19-38-33)15-21(2)30(20)28-17-42-34(39-28)40-29(41)13-6-22-4-3-5-26(16-22)25-11-9-24(10-12-25)23-7-8-23/h3-6,9-19,23H,7-8H2,1-2H3,(H,39,40,41)(H,35,36,37,38)/b13-6+. The number of aromatic nitrogens is 5. The van der Waals surface area contributed by atoms with Gasteiger partial charge in [-0.05, 0) is 90.3 Å². The number of hydrogen-bond acceptors (Lipinski definition) is 7. The maximum absolute atomic E-state index is 12.8. The number of aromatic amines is 1. The summed E-state index contributed by atoms with van der Waals surface area (Å²) >= 11 is 2.98. The Morgan fingerprint density at radius 1 is 1.00 bits per heavy atom. The van der Waals surface area contributed by atoms with Crippen LogP contribution >= 0.6 is 23.1 Å². The lowest BCUT2D eigenvalue weighted by Crippen LogP contribution is -2.07. The zero-order valence-corrected chi connectivity index (χ0v) is 25.3. The molecular formula is C34H28N6OS2. The first-order valence-corrected chi connectivity index (χ1v) is 15.8. The maximum Gasteiger partial charge on any atom is 0.250 e. The van der Waals surface area contributed by atoms with E-state index in [2.05, 4.69) is 87.6 Å². The molecule has 1 amide bonds. The van der Waals surface area contributed by atoms with Crippen molar-refractivity contribution in [3.8, 4) is 22.4 Å². The third-order valence-electron chi connectivity index (χ3n) is 7.50. The molecule has 1 saturated carbocycles. The Kier molecular flexibility index (Phi) is 7.34. The normalized spacial score (nSPS) is 13.2. The Balaban J connectivity index is 1.02. The molecule has 0 aliphatic heterocycles. The average Bonchev–Trinajstić information content (AvgIpc) is 3.57. The summed E-state index contributed by atoms with van der Waals surface area (Å²) < 4.78 is 0. The summed E-state index contributed by atoms with van der Waals surface area (Å²) in [7, 11) is 0. The summed E-state index contributed by atoms with van der Waals surface area (Å²) in [6.45, 7) is 4.15. The Labute approximate surface area is 257 Å². The van der Waals surface area contributed by atoms with Crippen LogP contribution in [0.4, 0.5) is 5.13 Å². The van der Waals surface area contributed by atoms with Gasteiger partial charge in [0.2, 0.25) is 5.91 Å². The van der Waals surface area contributed by atoms with E-state index in [0.29, 0.717) is 5.13 Å². The lowest BCUT2D eigenvalue weighted by molar-refractivity contribution is -0.111. The van der Waals surface area contributed by atoms with E-state index < -0.39 is 0 Å². The number of carbonyl (C=O) groups is 1. The van der Waals surface area contributed by atoms with Crippen molar-refractivity contribution in [1.82, 2.24) is 24.9 Å². The Hall–Kier alpha value is -4.60. The minimum Gasteiger partial charge on any atom is -0.329 e. The quantitative estimate of drug-likeness (QED) is 0.134. The minimum absolute atomic E-state index is 0.213. The molecule has 212 valence electrons. The number of benzene rings is 3. The molecule has 43 heavy (non-hydrogen) atoms. The number of thiazole rings is 1. The zero-order valence-electron chi connectivity index (χ0n) is 23.7. The van der Waals surface area contributed by atoms with Gasteiger partial charge in [0.25, 0.3) is 0 Å². The molecule has 0 atom stereocenters. The number of amides is 1. The number of fused-ring (bicyclic) bond motifs is 1. The highest BCUT2D eigenvalue weighted by Gasteiger charge is 2.23.